The van der Waals surface area contributed by atoms with Crippen molar-refractivity contribution in [2.24, 2.45) is 4.99 Å². The molecule has 0 saturated carbocycles. The van der Waals surface area contributed by atoms with Gasteiger partial charge in [-0.3, -0.25) is 14.6 Å². The van der Waals surface area contributed by atoms with Crippen LogP contribution in [0.25, 0.3) is 0 Å². The van der Waals surface area contributed by atoms with Gasteiger partial charge in [-0.1, -0.05) is 22.9 Å². The van der Waals surface area contributed by atoms with Gasteiger partial charge in [0.2, 0.25) is 5.78 Å². The molecule has 0 saturated heterocycles. The number of carboxylic acid groups (broad SMARTS) is 1. The maximum absolute atomic E-state index is 13.1. The van der Waals surface area contributed by atoms with Gasteiger partial charge in [0.05, 0.1) is 34.2 Å². The number of nitrogens with zero attached hydrogens (tertiary/aromatic N) is 1. The first-order valence-electron chi connectivity index (χ1n) is 7.92. The minimum absolute atomic E-state index is 0.00185. The lowest BCUT2D eigenvalue weighted by Gasteiger charge is -2.19. The Morgan fingerprint density at radius 3 is 2.77 bits per heavy atom. The predicted molar refractivity (Wildman–Crippen MR) is 99.4 cm³/mol. The quantitative estimate of drug-likeness (QED) is 0.704. The summed E-state index contributed by atoms with van der Waals surface area (Å²) in [6.07, 6.45) is -0.126. The average Bonchev–Trinajstić information content (AvgIpc) is 3.14. The van der Waals surface area contributed by atoms with E-state index in [0.29, 0.717) is 39.1 Å². The molecule has 0 aromatic carbocycles. The van der Waals surface area contributed by atoms with Crippen LogP contribution in [0.2, 0.25) is 0 Å². The van der Waals surface area contributed by atoms with Crippen LogP contribution in [0, 0.1) is 0 Å². The Morgan fingerprint density at radius 2 is 2.12 bits per heavy atom. The van der Waals surface area contributed by atoms with E-state index in [1.165, 1.54) is 0 Å². The molecule has 1 aliphatic heterocycles. The highest BCUT2D eigenvalue weighted by atomic mass is 35.5. The number of carbonyl (C=O) groups is 2. The van der Waals surface area contributed by atoms with E-state index < -0.39 is 11.8 Å². The molecule has 0 spiro atoms. The summed E-state index contributed by atoms with van der Waals surface area (Å²) in [5, 5.41) is 20.4. The third kappa shape index (κ3) is 3.20. The minimum Gasteiger partial charge on any atom is -0.506 e. The topological polar surface area (TPSA) is 96.2 Å². The normalized spacial score (nSPS) is 16.8. The van der Waals surface area contributed by atoms with Gasteiger partial charge in [-0.2, -0.15) is 0 Å². The van der Waals surface area contributed by atoms with Crippen LogP contribution in [0.15, 0.2) is 50.3 Å². The smallest absolute Gasteiger partial charge is 0.307 e. The molecule has 2 N–H and O–H groups in total. The highest BCUT2D eigenvalue weighted by molar-refractivity contribution is 7.16. The number of aliphatic hydroxyl groups excluding tert-OH is 1. The maximum Gasteiger partial charge on any atom is 0.307 e. The van der Waals surface area contributed by atoms with Crippen LogP contribution < -0.4 is 4.74 Å². The summed E-state index contributed by atoms with van der Waals surface area (Å²) in [5.74, 6) is -1.80. The number of Topliss-reactive ketones (excluding diaryl/α,β-unsaturated/α-hetero) is 1. The van der Waals surface area contributed by atoms with Gasteiger partial charge in [0, 0.05) is 17.7 Å². The molecule has 1 aromatic heterocycles. The number of aliphatic carboxylic acids is 1. The lowest BCUT2D eigenvalue weighted by molar-refractivity contribution is -0.136. The maximum atomic E-state index is 13.1. The molecule has 0 bridgehead atoms. The van der Waals surface area contributed by atoms with Crippen molar-refractivity contribution in [1.29, 1.82) is 0 Å². The summed E-state index contributed by atoms with van der Waals surface area (Å²) in [6.45, 7) is 4.00. The Bertz CT molecular complexity index is 935. The van der Waals surface area contributed by atoms with Crippen molar-refractivity contribution >= 4 is 40.4 Å². The van der Waals surface area contributed by atoms with E-state index in [1.807, 2.05) is 6.92 Å². The second-order valence-electron chi connectivity index (χ2n) is 5.75. The highest BCUT2D eigenvalue weighted by Gasteiger charge is 2.36. The van der Waals surface area contributed by atoms with Crippen molar-refractivity contribution in [3.63, 3.8) is 0 Å². The van der Waals surface area contributed by atoms with E-state index in [4.69, 9.17) is 16.3 Å². The van der Waals surface area contributed by atoms with Crippen molar-refractivity contribution < 1.29 is 24.5 Å². The molecule has 8 heteroatoms. The van der Waals surface area contributed by atoms with Crippen molar-refractivity contribution in [1.82, 2.24) is 0 Å². The third-order valence-corrected chi connectivity index (χ3v) is 5.35. The van der Waals surface area contributed by atoms with E-state index >= 15 is 0 Å². The monoisotopic (exact) mass is 393 g/mol. The van der Waals surface area contributed by atoms with Crippen molar-refractivity contribution in [3.8, 4) is 5.06 Å². The van der Waals surface area contributed by atoms with Gasteiger partial charge in [0.15, 0.2) is 5.06 Å². The number of ether oxygens (including phenoxy) is 1. The third-order valence-electron chi connectivity index (χ3n) is 4.04. The molecule has 2 aliphatic rings. The molecule has 0 fully saturated rings. The van der Waals surface area contributed by atoms with Crippen LogP contribution in [0.4, 0.5) is 0 Å². The van der Waals surface area contributed by atoms with E-state index in [2.05, 4.69) is 4.99 Å². The zero-order valence-corrected chi connectivity index (χ0v) is 15.7. The first-order chi connectivity index (χ1) is 12.3. The Morgan fingerprint density at radius 1 is 1.38 bits per heavy atom. The lowest BCUT2D eigenvalue weighted by atomic mass is 9.86. The van der Waals surface area contributed by atoms with E-state index in [-0.39, 0.29) is 29.2 Å². The number of aliphatic hydroxyl groups is 1. The fraction of sp³-hybridized carbons (Fsp3) is 0.278. The first kappa shape index (κ1) is 18.4. The minimum atomic E-state index is -1.04. The molecule has 0 radical (unpaired) electrons. The molecule has 0 amide bonds. The zero-order valence-electron chi connectivity index (χ0n) is 14.1. The van der Waals surface area contributed by atoms with Gasteiger partial charge >= 0.3 is 5.97 Å². The standard InChI is InChI=1S/C18H16ClNO5S/c1-3-25-14-5-4-12(26-14)18(24)16-15-9(6-13(21)22)8(2)20-11(15)7-10(19)17(16)23/h4-5,23H,3,6-7H2,1-2H3,(H,21,22). The van der Waals surface area contributed by atoms with Crippen LogP contribution in [-0.2, 0) is 4.79 Å². The Kier molecular flexibility index (Phi) is 5.02. The van der Waals surface area contributed by atoms with E-state index in [1.54, 1.807) is 19.1 Å². The summed E-state index contributed by atoms with van der Waals surface area (Å²) in [6, 6.07) is 3.29. The van der Waals surface area contributed by atoms with E-state index in [0.717, 1.165) is 11.3 Å². The molecule has 3 rings (SSSR count). The fourth-order valence-electron chi connectivity index (χ4n) is 2.96. The molecule has 6 nitrogen and oxygen atoms in total. The number of aliphatic imine (C=N–C) groups is 1. The van der Waals surface area contributed by atoms with Crippen LogP contribution in [0.5, 0.6) is 5.06 Å². The Hall–Kier alpha value is -2.38. The van der Waals surface area contributed by atoms with Gasteiger partial charge in [0.1, 0.15) is 5.76 Å². The van der Waals surface area contributed by atoms with Crippen LogP contribution in [0.3, 0.4) is 0 Å². The predicted octanol–water partition coefficient (Wildman–Crippen LogP) is 4.24. The molecule has 2 heterocycles. The number of hydrogen-bond acceptors (Lipinski definition) is 6. The molecule has 1 aromatic rings. The highest BCUT2D eigenvalue weighted by Crippen LogP contribution is 2.41. The summed E-state index contributed by atoms with van der Waals surface area (Å²) < 4.78 is 5.39. The second kappa shape index (κ2) is 7.09. The zero-order chi connectivity index (χ0) is 19.0. The number of thiophene rings is 1. The van der Waals surface area contributed by atoms with E-state index in [9.17, 15) is 19.8 Å². The molecule has 1 aliphatic carbocycles. The number of hydrogen-bond donors (Lipinski definition) is 2. The number of allylic oxidation sites excluding steroid dienone is 4. The fourth-order valence-corrected chi connectivity index (χ4v) is 4.04. The second-order valence-corrected chi connectivity index (χ2v) is 7.26. The van der Waals surface area contributed by atoms with Gasteiger partial charge in [-0.05, 0) is 31.6 Å². The number of carbonyl (C=O) groups excluding carboxylic acids is 1. The van der Waals surface area contributed by atoms with Crippen molar-refractivity contribution in [2.75, 3.05) is 6.61 Å². The average molecular weight is 394 g/mol. The van der Waals surface area contributed by atoms with Crippen LogP contribution in [0.1, 0.15) is 36.4 Å². The molecular weight excluding hydrogens is 378 g/mol. The number of rotatable bonds is 6. The first-order valence-corrected chi connectivity index (χ1v) is 9.12. The molecular formula is C18H16ClNO5S. The molecule has 0 atom stereocenters. The molecule has 0 unspecified atom stereocenters. The lowest BCUT2D eigenvalue weighted by Crippen LogP contribution is -2.19. The van der Waals surface area contributed by atoms with Gasteiger partial charge in [0.25, 0.3) is 0 Å². The van der Waals surface area contributed by atoms with Gasteiger partial charge in [-0.25, -0.2) is 0 Å². The number of halogens is 1. The Labute approximate surface area is 158 Å². The van der Waals surface area contributed by atoms with Crippen LogP contribution in [-0.4, -0.2) is 34.3 Å². The Balaban J connectivity index is 2.13. The largest absolute Gasteiger partial charge is 0.506 e. The number of carboxylic acids is 1. The number of fused-ring (bicyclic) bond motifs is 1. The summed E-state index contributed by atoms with van der Waals surface area (Å²) in [4.78, 5) is 29.0. The van der Waals surface area contributed by atoms with Gasteiger partial charge < -0.3 is 14.9 Å². The van der Waals surface area contributed by atoms with Crippen LogP contribution >= 0.6 is 22.9 Å². The molecule has 26 heavy (non-hydrogen) atoms. The number of ketones is 1. The summed E-state index contributed by atoms with van der Waals surface area (Å²) in [7, 11) is 0. The van der Waals surface area contributed by atoms with Crippen molar-refractivity contribution in [2.45, 2.75) is 26.7 Å². The van der Waals surface area contributed by atoms with Crippen molar-refractivity contribution in [3.05, 3.63) is 50.2 Å². The summed E-state index contributed by atoms with van der Waals surface area (Å²) >= 11 is 7.28. The van der Waals surface area contributed by atoms with Gasteiger partial charge in [-0.15, -0.1) is 0 Å². The molecule has 136 valence electrons. The SMILES string of the molecule is CCOc1ccc(C(=O)C2=C3C(=NC(C)=C3CC(=O)O)CC(Cl)=C2O)s1. The summed E-state index contributed by atoms with van der Waals surface area (Å²) in [5.41, 5.74) is 1.82.